The normalized spacial score (nSPS) is 17.7. The SMILES string of the molecule is Cc1nc2ccccn2c1/C(O)=C1\C(=O)C(=O)N(CCCn2ccnc2)[C@@H]1c1ccc(Cl)cc1. The fourth-order valence-electron chi connectivity index (χ4n) is 4.47. The number of aliphatic hydroxyl groups excluding tert-OH is 1. The first-order chi connectivity index (χ1) is 16.5. The zero-order valence-corrected chi connectivity index (χ0v) is 19.2. The fraction of sp³-hybridized carbons (Fsp3) is 0.200. The maximum atomic E-state index is 13.3. The molecule has 9 heteroatoms. The number of ketones is 1. The molecule has 0 saturated carbocycles. The van der Waals surface area contributed by atoms with Crippen LogP contribution in [0.15, 0.2) is 73.0 Å². The number of fused-ring (bicyclic) bond motifs is 1. The Kier molecular flexibility index (Phi) is 5.67. The number of aryl methyl sites for hydroxylation is 2. The summed E-state index contributed by atoms with van der Waals surface area (Å²) in [6, 6.07) is 11.7. The van der Waals surface area contributed by atoms with E-state index in [1.807, 2.05) is 29.0 Å². The molecule has 0 bridgehead atoms. The van der Waals surface area contributed by atoms with Crippen molar-refractivity contribution in [3.8, 4) is 0 Å². The minimum atomic E-state index is -0.742. The number of halogens is 1. The molecule has 0 spiro atoms. The molecule has 1 amide bonds. The molecule has 172 valence electrons. The number of rotatable bonds is 6. The topological polar surface area (TPSA) is 92.7 Å². The highest BCUT2D eigenvalue weighted by Gasteiger charge is 2.46. The van der Waals surface area contributed by atoms with Gasteiger partial charge in [0.15, 0.2) is 5.76 Å². The summed E-state index contributed by atoms with van der Waals surface area (Å²) in [7, 11) is 0. The number of carbonyl (C=O) groups excluding carboxylic acids is 2. The van der Waals surface area contributed by atoms with Crippen LogP contribution in [0, 0.1) is 6.92 Å². The zero-order valence-electron chi connectivity index (χ0n) is 18.4. The molecule has 1 aliphatic rings. The van der Waals surface area contributed by atoms with Crippen molar-refractivity contribution >= 4 is 34.7 Å². The van der Waals surface area contributed by atoms with Gasteiger partial charge in [-0.25, -0.2) is 9.97 Å². The molecule has 3 aromatic heterocycles. The van der Waals surface area contributed by atoms with E-state index >= 15 is 0 Å². The number of benzene rings is 1. The summed E-state index contributed by atoms with van der Waals surface area (Å²) in [5.74, 6) is -1.60. The standard InChI is InChI=1S/C25H22ClN5O3/c1-16-21(30-12-3-2-5-19(30)28-16)23(32)20-22(17-6-8-18(26)9-7-17)31(25(34)24(20)33)13-4-11-29-14-10-27-15-29/h2-3,5-10,12,14-15,22,32H,4,11,13H2,1H3/b23-20+/t22-/m1/s1. The predicted octanol–water partition coefficient (Wildman–Crippen LogP) is 4.00. The van der Waals surface area contributed by atoms with Gasteiger partial charge in [-0.3, -0.25) is 14.0 Å². The third kappa shape index (κ3) is 3.76. The maximum Gasteiger partial charge on any atom is 0.295 e. The fourth-order valence-corrected chi connectivity index (χ4v) is 4.60. The van der Waals surface area contributed by atoms with Gasteiger partial charge in [0.1, 0.15) is 11.3 Å². The van der Waals surface area contributed by atoms with E-state index in [1.54, 1.807) is 54.3 Å². The van der Waals surface area contributed by atoms with Gasteiger partial charge in [-0.05, 0) is 43.2 Å². The summed E-state index contributed by atoms with van der Waals surface area (Å²) < 4.78 is 3.63. The first kappa shape index (κ1) is 21.9. The van der Waals surface area contributed by atoms with Gasteiger partial charge in [0.05, 0.1) is 23.6 Å². The quantitative estimate of drug-likeness (QED) is 0.258. The number of Topliss-reactive ketones (excluding diaryl/α,β-unsaturated/α-hetero) is 1. The van der Waals surface area contributed by atoms with E-state index in [4.69, 9.17) is 11.6 Å². The van der Waals surface area contributed by atoms with Crippen LogP contribution in [0.25, 0.3) is 11.4 Å². The van der Waals surface area contributed by atoms with E-state index < -0.39 is 17.7 Å². The van der Waals surface area contributed by atoms with Gasteiger partial charge in [0, 0.05) is 36.7 Å². The number of nitrogens with zero attached hydrogens (tertiary/aromatic N) is 5. The predicted molar refractivity (Wildman–Crippen MR) is 127 cm³/mol. The Morgan fingerprint density at radius 2 is 1.88 bits per heavy atom. The van der Waals surface area contributed by atoms with Crippen LogP contribution in [-0.4, -0.2) is 47.2 Å². The van der Waals surface area contributed by atoms with Gasteiger partial charge in [-0.1, -0.05) is 29.8 Å². The number of carbonyl (C=O) groups is 2. The molecule has 1 saturated heterocycles. The van der Waals surface area contributed by atoms with Crippen LogP contribution >= 0.6 is 11.6 Å². The van der Waals surface area contributed by atoms with Crippen molar-refractivity contribution in [3.63, 3.8) is 0 Å². The smallest absolute Gasteiger partial charge is 0.295 e. The van der Waals surface area contributed by atoms with Gasteiger partial charge in [0.2, 0.25) is 0 Å². The number of imidazole rings is 2. The highest BCUT2D eigenvalue weighted by atomic mass is 35.5. The molecule has 1 aromatic carbocycles. The van der Waals surface area contributed by atoms with Crippen molar-refractivity contribution in [3.05, 3.63) is 94.9 Å². The summed E-state index contributed by atoms with van der Waals surface area (Å²) >= 11 is 6.09. The molecule has 1 N–H and O–H groups in total. The summed E-state index contributed by atoms with van der Waals surface area (Å²) in [6.07, 6.45) is 7.62. The number of hydrogen-bond donors (Lipinski definition) is 1. The Hall–Kier alpha value is -3.91. The monoisotopic (exact) mass is 475 g/mol. The number of aromatic nitrogens is 4. The van der Waals surface area contributed by atoms with Crippen LogP contribution in [-0.2, 0) is 16.1 Å². The molecule has 0 unspecified atom stereocenters. The molecule has 5 rings (SSSR count). The largest absolute Gasteiger partial charge is 0.505 e. The van der Waals surface area contributed by atoms with E-state index in [9.17, 15) is 14.7 Å². The molecular formula is C25H22ClN5O3. The second-order valence-electron chi connectivity index (χ2n) is 8.17. The molecule has 4 aromatic rings. The van der Waals surface area contributed by atoms with Crippen molar-refractivity contribution in [2.45, 2.75) is 25.9 Å². The molecule has 8 nitrogen and oxygen atoms in total. The Morgan fingerprint density at radius 3 is 2.62 bits per heavy atom. The van der Waals surface area contributed by atoms with E-state index in [2.05, 4.69) is 9.97 Å². The first-order valence-electron chi connectivity index (χ1n) is 10.9. The second-order valence-corrected chi connectivity index (χ2v) is 8.61. The average molecular weight is 476 g/mol. The maximum absolute atomic E-state index is 13.3. The summed E-state index contributed by atoms with van der Waals surface area (Å²) in [6.45, 7) is 2.74. The van der Waals surface area contributed by atoms with Crippen molar-refractivity contribution in [2.24, 2.45) is 0 Å². The first-order valence-corrected chi connectivity index (χ1v) is 11.3. The lowest BCUT2D eigenvalue weighted by Crippen LogP contribution is -2.31. The number of aliphatic hydroxyl groups is 1. The average Bonchev–Trinajstić information content (AvgIpc) is 3.52. The van der Waals surface area contributed by atoms with Gasteiger partial charge >= 0.3 is 0 Å². The summed E-state index contributed by atoms with van der Waals surface area (Å²) in [4.78, 5) is 36.5. The van der Waals surface area contributed by atoms with E-state index in [1.165, 1.54) is 4.90 Å². The minimum Gasteiger partial charge on any atom is -0.505 e. The van der Waals surface area contributed by atoms with Crippen LogP contribution in [0.3, 0.4) is 0 Å². The van der Waals surface area contributed by atoms with Crippen molar-refractivity contribution in [1.82, 2.24) is 23.8 Å². The van der Waals surface area contributed by atoms with Crippen LogP contribution in [0.2, 0.25) is 5.02 Å². The van der Waals surface area contributed by atoms with Crippen molar-refractivity contribution in [1.29, 1.82) is 0 Å². The number of likely N-dealkylation sites (tertiary alicyclic amines) is 1. The van der Waals surface area contributed by atoms with Crippen molar-refractivity contribution in [2.75, 3.05) is 6.54 Å². The molecule has 34 heavy (non-hydrogen) atoms. The second kappa shape index (κ2) is 8.79. The highest BCUT2D eigenvalue weighted by molar-refractivity contribution is 6.46. The van der Waals surface area contributed by atoms with E-state index in [-0.39, 0.29) is 11.3 Å². The lowest BCUT2D eigenvalue weighted by molar-refractivity contribution is -0.139. The number of hydrogen-bond acceptors (Lipinski definition) is 5. The molecule has 1 fully saturated rings. The Labute approximate surface area is 200 Å². The van der Waals surface area contributed by atoms with Gasteiger partial charge in [-0.2, -0.15) is 0 Å². The number of pyridine rings is 1. The van der Waals surface area contributed by atoms with Gasteiger partial charge < -0.3 is 14.6 Å². The van der Waals surface area contributed by atoms with Gasteiger partial charge in [-0.15, -0.1) is 0 Å². The Balaban J connectivity index is 1.60. The van der Waals surface area contributed by atoms with Crippen LogP contribution in [0.1, 0.15) is 29.4 Å². The van der Waals surface area contributed by atoms with Crippen LogP contribution in [0.5, 0.6) is 0 Å². The zero-order chi connectivity index (χ0) is 23.8. The third-order valence-corrected chi connectivity index (χ3v) is 6.28. The third-order valence-electron chi connectivity index (χ3n) is 6.03. The summed E-state index contributed by atoms with van der Waals surface area (Å²) in [5.41, 5.74) is 2.33. The van der Waals surface area contributed by atoms with E-state index in [0.717, 1.165) is 0 Å². The lowest BCUT2D eigenvalue weighted by Gasteiger charge is -2.25. The minimum absolute atomic E-state index is 0.0451. The highest BCUT2D eigenvalue weighted by Crippen LogP contribution is 2.40. The van der Waals surface area contributed by atoms with Crippen molar-refractivity contribution < 1.29 is 14.7 Å². The Bertz CT molecular complexity index is 1410. The molecule has 1 aliphatic heterocycles. The van der Waals surface area contributed by atoms with Crippen LogP contribution < -0.4 is 0 Å². The molecule has 0 radical (unpaired) electrons. The molecular weight excluding hydrogens is 454 g/mol. The molecule has 0 aliphatic carbocycles. The summed E-state index contributed by atoms with van der Waals surface area (Å²) in [5, 5.41) is 12.0. The molecule has 4 heterocycles. The van der Waals surface area contributed by atoms with Gasteiger partial charge in [0.25, 0.3) is 11.7 Å². The lowest BCUT2D eigenvalue weighted by atomic mass is 9.96. The van der Waals surface area contributed by atoms with Crippen LogP contribution in [0.4, 0.5) is 0 Å². The Morgan fingerprint density at radius 1 is 1.09 bits per heavy atom. The number of amides is 1. The molecule has 1 atom stereocenters. The van der Waals surface area contributed by atoms with E-state index in [0.29, 0.717) is 47.1 Å².